The number of ether oxygens (including phenoxy) is 1. The first kappa shape index (κ1) is 31.4. The van der Waals surface area contributed by atoms with Crippen molar-refractivity contribution in [2.24, 2.45) is 11.3 Å². The molecule has 1 fully saturated rings. The van der Waals surface area contributed by atoms with Gasteiger partial charge in [-0.3, -0.25) is 0 Å². The molecule has 0 heterocycles. The number of hydrogen-bond acceptors (Lipinski definition) is 1. The van der Waals surface area contributed by atoms with E-state index in [1.165, 1.54) is 89.5 Å². The number of benzene rings is 3. The second-order valence-corrected chi connectivity index (χ2v) is 12.7. The summed E-state index contributed by atoms with van der Waals surface area (Å²) in [6.45, 7) is 17.1. The summed E-state index contributed by atoms with van der Waals surface area (Å²) < 4.78 is 6.68. The third kappa shape index (κ3) is 7.10. The lowest BCUT2D eigenvalue weighted by Crippen LogP contribution is -2.21. The molecule has 3 aromatic rings. The Morgan fingerprint density at radius 1 is 0.659 bits per heavy atom. The second kappa shape index (κ2) is 14.6. The average Bonchev–Trinajstić information content (AvgIpc) is 3.03. The Labute approximate surface area is 252 Å². The molecule has 0 amide bonds. The van der Waals surface area contributed by atoms with Crippen molar-refractivity contribution in [3.05, 3.63) is 76.9 Å². The summed E-state index contributed by atoms with van der Waals surface area (Å²) >= 11 is 0. The molecule has 1 nitrogen and oxygen atoms in total. The molecule has 1 aliphatic rings. The van der Waals surface area contributed by atoms with Crippen molar-refractivity contribution in [1.82, 2.24) is 0 Å². The van der Waals surface area contributed by atoms with Crippen LogP contribution in [0.1, 0.15) is 128 Å². The summed E-state index contributed by atoms with van der Waals surface area (Å²) in [6.07, 6.45) is 13.3. The summed E-state index contributed by atoms with van der Waals surface area (Å²) in [5.74, 6) is 2.81. The van der Waals surface area contributed by atoms with Crippen LogP contribution in [0.2, 0.25) is 0 Å². The minimum atomic E-state index is 0.406. The van der Waals surface area contributed by atoms with Crippen LogP contribution in [0.25, 0.3) is 22.3 Å². The molecule has 4 rings (SSSR count). The molecule has 3 aromatic carbocycles. The number of hydrogen-bond donors (Lipinski definition) is 0. The number of rotatable bonds is 13. The van der Waals surface area contributed by atoms with Crippen molar-refractivity contribution in [2.75, 3.05) is 6.61 Å². The van der Waals surface area contributed by atoms with Crippen LogP contribution >= 0.6 is 0 Å². The summed E-state index contributed by atoms with van der Waals surface area (Å²) in [5.41, 5.74) is 11.5. The molecule has 0 unspecified atom stereocenters. The van der Waals surface area contributed by atoms with Gasteiger partial charge in [0, 0.05) is 0 Å². The van der Waals surface area contributed by atoms with Gasteiger partial charge in [0.25, 0.3) is 0 Å². The maximum atomic E-state index is 6.68. The van der Waals surface area contributed by atoms with E-state index in [1.807, 2.05) is 0 Å². The highest BCUT2D eigenvalue weighted by molar-refractivity contribution is 5.75. The molecule has 0 saturated heterocycles. The summed E-state index contributed by atoms with van der Waals surface area (Å²) in [7, 11) is 0. The van der Waals surface area contributed by atoms with E-state index in [-0.39, 0.29) is 0 Å². The lowest BCUT2D eigenvalue weighted by Gasteiger charge is -2.31. The molecule has 1 aliphatic carbocycles. The van der Waals surface area contributed by atoms with Gasteiger partial charge in [-0.2, -0.15) is 0 Å². The third-order valence-electron chi connectivity index (χ3n) is 10.7. The van der Waals surface area contributed by atoms with Gasteiger partial charge in [0.1, 0.15) is 5.75 Å². The monoisotopic (exact) mass is 552 g/mol. The Balaban J connectivity index is 1.57. The molecule has 0 radical (unpaired) electrons. The predicted octanol–water partition coefficient (Wildman–Crippen LogP) is 12.0. The van der Waals surface area contributed by atoms with E-state index >= 15 is 0 Å². The van der Waals surface area contributed by atoms with Gasteiger partial charge in [-0.1, -0.05) is 129 Å². The van der Waals surface area contributed by atoms with Crippen molar-refractivity contribution in [3.8, 4) is 28.0 Å². The average molecular weight is 553 g/mol. The first-order valence-corrected chi connectivity index (χ1v) is 16.9. The molecule has 222 valence electrons. The summed E-state index contributed by atoms with van der Waals surface area (Å²) in [5, 5.41) is 0. The molecule has 0 atom stereocenters. The molecule has 0 N–H and O–H groups in total. The van der Waals surface area contributed by atoms with Crippen molar-refractivity contribution < 1.29 is 4.74 Å². The van der Waals surface area contributed by atoms with Crippen molar-refractivity contribution >= 4 is 0 Å². The SMILES string of the molecule is CCc1cc(-c2ccc(-c3ccc(C4CCC(C)CC4)cc3)cc2)c(CC)c(CC)c1OCCC(CC)(CC)CC. The fourth-order valence-electron chi connectivity index (χ4n) is 7.33. The number of aryl methyl sites for hydroxylation is 1. The topological polar surface area (TPSA) is 9.23 Å². The molecule has 41 heavy (non-hydrogen) atoms. The van der Waals surface area contributed by atoms with Gasteiger partial charge in [-0.15, -0.1) is 0 Å². The minimum Gasteiger partial charge on any atom is -0.493 e. The van der Waals surface area contributed by atoms with Crippen LogP contribution in [-0.4, -0.2) is 6.61 Å². The van der Waals surface area contributed by atoms with Crippen molar-refractivity contribution in [2.45, 2.75) is 125 Å². The largest absolute Gasteiger partial charge is 0.493 e. The predicted molar refractivity (Wildman–Crippen MR) is 179 cm³/mol. The van der Waals surface area contributed by atoms with Crippen LogP contribution in [-0.2, 0) is 19.3 Å². The van der Waals surface area contributed by atoms with Gasteiger partial charge >= 0.3 is 0 Å². The molecule has 1 saturated carbocycles. The van der Waals surface area contributed by atoms with Gasteiger partial charge in [-0.25, -0.2) is 0 Å². The summed E-state index contributed by atoms with van der Waals surface area (Å²) in [6, 6.07) is 21.1. The van der Waals surface area contributed by atoms with E-state index in [0.717, 1.165) is 49.9 Å². The maximum Gasteiger partial charge on any atom is 0.125 e. The molecular formula is C40H56O. The quantitative estimate of drug-likeness (QED) is 0.205. The molecule has 0 aromatic heterocycles. The zero-order valence-corrected chi connectivity index (χ0v) is 27.2. The maximum absolute atomic E-state index is 6.68. The van der Waals surface area contributed by atoms with Crippen LogP contribution in [0, 0.1) is 11.3 Å². The lowest BCUT2D eigenvalue weighted by atomic mass is 9.77. The van der Waals surface area contributed by atoms with Gasteiger partial charge < -0.3 is 4.74 Å². The van der Waals surface area contributed by atoms with E-state index in [4.69, 9.17) is 4.74 Å². The van der Waals surface area contributed by atoms with Crippen molar-refractivity contribution in [1.29, 1.82) is 0 Å². The second-order valence-electron chi connectivity index (χ2n) is 12.7. The lowest BCUT2D eigenvalue weighted by molar-refractivity contribution is 0.172. The van der Waals surface area contributed by atoms with Crippen LogP contribution < -0.4 is 4.74 Å². The van der Waals surface area contributed by atoms with Crippen molar-refractivity contribution in [3.63, 3.8) is 0 Å². The van der Waals surface area contributed by atoms with Gasteiger partial charge in [-0.05, 0) is 106 Å². The Kier molecular flexibility index (Phi) is 11.2. The van der Waals surface area contributed by atoms with Gasteiger partial charge in [0.2, 0.25) is 0 Å². The van der Waals surface area contributed by atoms with E-state index in [0.29, 0.717) is 5.41 Å². The normalized spacial score (nSPS) is 17.5. The highest BCUT2D eigenvalue weighted by Gasteiger charge is 2.25. The van der Waals surface area contributed by atoms with Crippen LogP contribution in [0.5, 0.6) is 5.75 Å². The third-order valence-corrected chi connectivity index (χ3v) is 10.7. The van der Waals surface area contributed by atoms with Crippen LogP contribution in [0.4, 0.5) is 0 Å². The zero-order chi connectivity index (χ0) is 29.4. The molecule has 1 heteroatoms. The Hall–Kier alpha value is -2.54. The first-order chi connectivity index (χ1) is 19.9. The van der Waals surface area contributed by atoms with E-state index in [9.17, 15) is 0 Å². The van der Waals surface area contributed by atoms with E-state index < -0.39 is 0 Å². The highest BCUT2D eigenvalue weighted by Crippen LogP contribution is 2.40. The highest BCUT2D eigenvalue weighted by atomic mass is 16.5. The molecule has 0 aliphatic heterocycles. The van der Waals surface area contributed by atoms with Crippen LogP contribution in [0.15, 0.2) is 54.6 Å². The van der Waals surface area contributed by atoms with E-state index in [2.05, 4.69) is 103 Å². The van der Waals surface area contributed by atoms with Crippen LogP contribution in [0.3, 0.4) is 0 Å². The molecular weight excluding hydrogens is 496 g/mol. The minimum absolute atomic E-state index is 0.406. The Morgan fingerprint density at radius 3 is 1.71 bits per heavy atom. The zero-order valence-electron chi connectivity index (χ0n) is 27.2. The summed E-state index contributed by atoms with van der Waals surface area (Å²) in [4.78, 5) is 0. The first-order valence-electron chi connectivity index (χ1n) is 16.9. The Morgan fingerprint density at radius 2 is 1.20 bits per heavy atom. The molecule has 0 spiro atoms. The van der Waals surface area contributed by atoms with Gasteiger partial charge in [0.05, 0.1) is 6.61 Å². The Bertz CT molecular complexity index is 1210. The van der Waals surface area contributed by atoms with Gasteiger partial charge in [0.15, 0.2) is 0 Å². The van der Waals surface area contributed by atoms with E-state index in [1.54, 1.807) is 0 Å². The fourth-order valence-corrected chi connectivity index (χ4v) is 7.33. The smallest absolute Gasteiger partial charge is 0.125 e. The molecule has 0 bridgehead atoms. The standard InChI is InChI=1S/C40H56O/c1-8-30-28-38(36(9-2)37(10-3)39(30)41-27-26-40(11-4,12-5)13-6)35-24-22-34(23-25-35)33-20-18-32(19-21-33)31-16-14-29(7)15-17-31/h18-25,28-29,31H,8-17,26-27H2,1-7H3. The fraction of sp³-hybridized carbons (Fsp3) is 0.550.